The van der Waals surface area contributed by atoms with Crippen molar-refractivity contribution in [2.45, 2.75) is 32.2 Å². The van der Waals surface area contributed by atoms with Crippen LogP contribution in [0.3, 0.4) is 0 Å². The van der Waals surface area contributed by atoms with E-state index in [2.05, 4.69) is 27.5 Å². The van der Waals surface area contributed by atoms with Crippen molar-refractivity contribution < 1.29 is 9.53 Å². The van der Waals surface area contributed by atoms with E-state index in [1.807, 2.05) is 55.1 Å². The van der Waals surface area contributed by atoms with Gasteiger partial charge in [0.05, 0.1) is 18.7 Å². The van der Waals surface area contributed by atoms with Crippen molar-refractivity contribution in [3.8, 4) is 5.75 Å². The average molecular weight is 376 g/mol. The molecule has 4 rings (SSSR count). The van der Waals surface area contributed by atoms with Crippen LogP contribution >= 0.6 is 0 Å². The summed E-state index contributed by atoms with van der Waals surface area (Å²) in [7, 11) is 0. The second kappa shape index (κ2) is 7.46. The maximum atomic E-state index is 12.9. The highest BCUT2D eigenvalue weighted by atomic mass is 16.5. The van der Waals surface area contributed by atoms with E-state index in [1.165, 1.54) is 0 Å². The van der Waals surface area contributed by atoms with Gasteiger partial charge < -0.3 is 10.1 Å². The fraction of sp³-hybridized carbons (Fsp3) is 0.318. The zero-order valence-electron chi connectivity index (χ0n) is 16.1. The third-order valence-corrected chi connectivity index (χ3v) is 5.37. The molecule has 3 aromatic rings. The number of anilines is 1. The van der Waals surface area contributed by atoms with E-state index in [4.69, 9.17) is 4.74 Å². The standard InChI is InChI=1S/C22H24N4O2/c1-3-26-14-19(16(2)25-26)28-15-22(17-9-5-4-6-10-17)13-18(22)21(27)24-20-11-7-8-12-23-20/h4-12,14,18H,3,13,15H2,1-2H3,(H,23,24,27)/t18-,22+/m1/s1. The number of hydrogen-bond donors (Lipinski definition) is 1. The van der Waals surface area contributed by atoms with Gasteiger partial charge in [0.15, 0.2) is 5.75 Å². The molecule has 0 aliphatic heterocycles. The number of benzene rings is 1. The molecule has 0 unspecified atom stereocenters. The Morgan fingerprint density at radius 2 is 2.04 bits per heavy atom. The highest BCUT2D eigenvalue weighted by Gasteiger charge is 2.60. The van der Waals surface area contributed by atoms with Gasteiger partial charge in [-0.15, -0.1) is 0 Å². The Hall–Kier alpha value is -3.15. The number of rotatable bonds is 7. The summed E-state index contributed by atoms with van der Waals surface area (Å²) in [6, 6.07) is 15.6. The summed E-state index contributed by atoms with van der Waals surface area (Å²) < 4.78 is 8.01. The van der Waals surface area contributed by atoms with Crippen molar-refractivity contribution in [2.75, 3.05) is 11.9 Å². The second-order valence-corrected chi connectivity index (χ2v) is 7.21. The highest BCUT2D eigenvalue weighted by molar-refractivity contribution is 5.95. The normalized spacial score (nSPS) is 20.6. The van der Waals surface area contributed by atoms with E-state index < -0.39 is 0 Å². The number of amides is 1. The van der Waals surface area contributed by atoms with Gasteiger partial charge in [0.1, 0.15) is 11.5 Å². The number of ether oxygens (including phenoxy) is 1. The van der Waals surface area contributed by atoms with Crippen molar-refractivity contribution in [3.63, 3.8) is 0 Å². The van der Waals surface area contributed by atoms with Gasteiger partial charge in [-0.2, -0.15) is 5.10 Å². The first kappa shape index (κ1) is 18.2. The molecule has 0 spiro atoms. The van der Waals surface area contributed by atoms with Crippen LogP contribution in [-0.4, -0.2) is 27.3 Å². The first-order valence-electron chi connectivity index (χ1n) is 9.56. The summed E-state index contributed by atoms with van der Waals surface area (Å²) in [5.41, 5.74) is 1.65. The largest absolute Gasteiger partial charge is 0.489 e. The van der Waals surface area contributed by atoms with Crippen molar-refractivity contribution in [3.05, 3.63) is 72.2 Å². The van der Waals surface area contributed by atoms with Gasteiger partial charge in [-0.1, -0.05) is 36.4 Å². The maximum Gasteiger partial charge on any atom is 0.229 e. The molecule has 6 nitrogen and oxygen atoms in total. The predicted octanol–water partition coefficient (Wildman–Crippen LogP) is 3.58. The Kier molecular flexibility index (Phi) is 4.86. The topological polar surface area (TPSA) is 69.0 Å². The molecule has 1 aliphatic carbocycles. The van der Waals surface area contributed by atoms with Gasteiger partial charge in [0, 0.05) is 18.2 Å². The lowest BCUT2D eigenvalue weighted by Crippen LogP contribution is -2.26. The fourth-order valence-electron chi connectivity index (χ4n) is 3.64. The van der Waals surface area contributed by atoms with E-state index in [1.54, 1.807) is 12.3 Å². The molecule has 144 valence electrons. The Bertz CT molecular complexity index is 955. The zero-order chi connectivity index (χ0) is 19.6. The van der Waals surface area contributed by atoms with Crippen LogP contribution in [0.15, 0.2) is 60.9 Å². The molecule has 2 atom stereocenters. The number of hydrogen-bond acceptors (Lipinski definition) is 4. The second-order valence-electron chi connectivity index (χ2n) is 7.21. The molecule has 2 heterocycles. The molecule has 6 heteroatoms. The van der Waals surface area contributed by atoms with Gasteiger partial charge in [0.2, 0.25) is 5.91 Å². The molecular weight excluding hydrogens is 352 g/mol. The predicted molar refractivity (Wildman–Crippen MR) is 107 cm³/mol. The SMILES string of the molecule is CCn1cc(OC[C@]2(c3ccccc3)C[C@@H]2C(=O)Nc2ccccn2)c(C)n1. The highest BCUT2D eigenvalue weighted by Crippen LogP contribution is 2.55. The number of carbonyl (C=O) groups is 1. The van der Waals surface area contributed by atoms with Crippen LogP contribution in [0.2, 0.25) is 0 Å². The van der Waals surface area contributed by atoms with E-state index in [-0.39, 0.29) is 17.2 Å². The van der Waals surface area contributed by atoms with Crippen LogP contribution in [0, 0.1) is 12.8 Å². The van der Waals surface area contributed by atoms with E-state index >= 15 is 0 Å². The smallest absolute Gasteiger partial charge is 0.229 e. The minimum Gasteiger partial charge on any atom is -0.489 e. The number of aryl methyl sites for hydroxylation is 2. The number of nitrogens with zero attached hydrogens (tertiary/aromatic N) is 3. The van der Waals surface area contributed by atoms with Crippen LogP contribution < -0.4 is 10.1 Å². The van der Waals surface area contributed by atoms with E-state index in [0.717, 1.165) is 30.0 Å². The first-order chi connectivity index (χ1) is 13.6. The third-order valence-electron chi connectivity index (χ3n) is 5.37. The molecule has 1 N–H and O–H groups in total. The van der Waals surface area contributed by atoms with Crippen molar-refractivity contribution >= 4 is 11.7 Å². The van der Waals surface area contributed by atoms with Gasteiger partial charge >= 0.3 is 0 Å². The van der Waals surface area contributed by atoms with Gasteiger partial charge in [-0.3, -0.25) is 9.48 Å². The fourth-order valence-corrected chi connectivity index (χ4v) is 3.64. The van der Waals surface area contributed by atoms with Crippen LogP contribution in [0.4, 0.5) is 5.82 Å². The molecular formula is C22H24N4O2. The lowest BCUT2D eigenvalue weighted by Gasteiger charge is -2.18. The van der Waals surface area contributed by atoms with Gasteiger partial charge in [-0.05, 0) is 38.0 Å². The molecule has 1 amide bonds. The lowest BCUT2D eigenvalue weighted by atomic mass is 9.93. The van der Waals surface area contributed by atoms with Gasteiger partial charge in [-0.25, -0.2) is 4.98 Å². The van der Waals surface area contributed by atoms with Crippen molar-refractivity contribution in [1.29, 1.82) is 0 Å². The molecule has 1 fully saturated rings. The lowest BCUT2D eigenvalue weighted by molar-refractivity contribution is -0.117. The molecule has 2 aromatic heterocycles. The zero-order valence-corrected chi connectivity index (χ0v) is 16.1. The van der Waals surface area contributed by atoms with Crippen LogP contribution in [0.1, 0.15) is 24.6 Å². The molecule has 0 radical (unpaired) electrons. The Morgan fingerprint density at radius 1 is 1.25 bits per heavy atom. The quantitative estimate of drug-likeness (QED) is 0.684. The molecule has 0 bridgehead atoms. The summed E-state index contributed by atoms with van der Waals surface area (Å²) in [5.74, 6) is 1.17. The molecule has 1 saturated carbocycles. The van der Waals surface area contributed by atoms with Crippen molar-refractivity contribution in [1.82, 2.24) is 14.8 Å². The summed E-state index contributed by atoms with van der Waals surface area (Å²) >= 11 is 0. The molecule has 1 aliphatic rings. The van der Waals surface area contributed by atoms with Crippen LogP contribution in [0.5, 0.6) is 5.75 Å². The minimum atomic E-state index is -0.332. The maximum absolute atomic E-state index is 12.9. The third kappa shape index (κ3) is 3.50. The van der Waals surface area contributed by atoms with E-state index in [9.17, 15) is 4.79 Å². The average Bonchev–Trinajstić information content (AvgIpc) is 3.37. The van der Waals surface area contributed by atoms with E-state index in [0.29, 0.717) is 12.4 Å². The number of aromatic nitrogens is 3. The number of nitrogens with one attached hydrogen (secondary N) is 1. The summed E-state index contributed by atoms with van der Waals surface area (Å²) in [4.78, 5) is 17.1. The molecule has 28 heavy (non-hydrogen) atoms. The van der Waals surface area contributed by atoms with Crippen LogP contribution in [-0.2, 0) is 16.8 Å². The van der Waals surface area contributed by atoms with Gasteiger partial charge in [0.25, 0.3) is 0 Å². The number of pyridine rings is 1. The minimum absolute atomic E-state index is 0.0212. The molecule has 1 aromatic carbocycles. The van der Waals surface area contributed by atoms with Crippen LogP contribution in [0.25, 0.3) is 0 Å². The Morgan fingerprint density at radius 3 is 2.71 bits per heavy atom. The Balaban J connectivity index is 1.53. The monoisotopic (exact) mass is 376 g/mol. The summed E-state index contributed by atoms with van der Waals surface area (Å²) in [6.45, 7) is 5.21. The molecule has 0 saturated heterocycles. The number of carbonyl (C=O) groups excluding carboxylic acids is 1. The summed E-state index contributed by atoms with van der Waals surface area (Å²) in [5, 5.41) is 7.37. The summed E-state index contributed by atoms with van der Waals surface area (Å²) in [6.07, 6.45) is 4.33. The first-order valence-corrected chi connectivity index (χ1v) is 9.56. The Labute approximate surface area is 164 Å². The van der Waals surface area contributed by atoms with Crippen molar-refractivity contribution in [2.24, 2.45) is 5.92 Å².